The van der Waals surface area contributed by atoms with E-state index in [4.69, 9.17) is 9.15 Å². The maximum Gasteiger partial charge on any atom is 0.255 e. The van der Waals surface area contributed by atoms with E-state index in [0.717, 1.165) is 5.56 Å². The number of rotatable bonds is 4. The topological polar surface area (TPSA) is 59.8 Å². The van der Waals surface area contributed by atoms with Gasteiger partial charge in [0.15, 0.2) is 11.5 Å². The van der Waals surface area contributed by atoms with Gasteiger partial charge in [0.05, 0.1) is 31.1 Å². The number of furan rings is 1. The number of morpholine rings is 1. The van der Waals surface area contributed by atoms with E-state index >= 15 is 0 Å². The summed E-state index contributed by atoms with van der Waals surface area (Å²) in [5.41, 5.74) is 1.68. The molecule has 116 valence electrons. The molecule has 0 aliphatic carbocycles. The maximum atomic E-state index is 12.7. The minimum Gasteiger partial charge on any atom is -0.461 e. The van der Waals surface area contributed by atoms with Crippen LogP contribution in [-0.4, -0.2) is 42.4 Å². The Balaban J connectivity index is 1.75. The first-order chi connectivity index (χ1) is 10.7. The molecule has 6 heteroatoms. The van der Waals surface area contributed by atoms with Crippen LogP contribution in [0.15, 0.2) is 33.6 Å². The van der Waals surface area contributed by atoms with Crippen LogP contribution in [0.4, 0.5) is 0 Å². The number of carbonyl (C=O) groups excluding carboxylic acids is 2. The molecule has 1 amide bonds. The fraction of sp³-hybridized carbons (Fsp3) is 0.375. The van der Waals surface area contributed by atoms with Crippen LogP contribution in [0.3, 0.4) is 0 Å². The summed E-state index contributed by atoms with van der Waals surface area (Å²) >= 11 is 1.51. The van der Waals surface area contributed by atoms with E-state index in [-0.39, 0.29) is 24.2 Å². The molecule has 1 saturated heterocycles. The zero-order valence-electron chi connectivity index (χ0n) is 12.3. The fourth-order valence-corrected chi connectivity index (χ4v) is 3.40. The molecular formula is C16H17NO4S. The largest absolute Gasteiger partial charge is 0.461 e. The number of hydrogen-bond donors (Lipinski definition) is 0. The Morgan fingerprint density at radius 1 is 1.41 bits per heavy atom. The van der Waals surface area contributed by atoms with Crippen molar-refractivity contribution in [2.24, 2.45) is 0 Å². The molecule has 2 aromatic rings. The third kappa shape index (κ3) is 2.98. The van der Waals surface area contributed by atoms with Crippen LogP contribution in [-0.2, 0) is 4.74 Å². The molecule has 0 spiro atoms. The Bertz CT molecular complexity index is 662. The number of aryl methyl sites for hydroxylation is 1. The lowest BCUT2D eigenvalue weighted by atomic mass is 10.0. The van der Waals surface area contributed by atoms with Crippen LogP contribution < -0.4 is 0 Å². The predicted octanol–water partition coefficient (Wildman–Crippen LogP) is 2.76. The van der Waals surface area contributed by atoms with Gasteiger partial charge in [-0.05, 0) is 30.0 Å². The highest BCUT2D eigenvalue weighted by Gasteiger charge is 2.31. The van der Waals surface area contributed by atoms with Gasteiger partial charge in [0, 0.05) is 18.3 Å². The zero-order chi connectivity index (χ0) is 15.5. The smallest absolute Gasteiger partial charge is 0.255 e. The van der Waals surface area contributed by atoms with E-state index in [1.165, 1.54) is 17.6 Å². The molecule has 0 N–H and O–H groups in total. The Hall–Kier alpha value is -1.92. The van der Waals surface area contributed by atoms with Crippen molar-refractivity contribution in [1.82, 2.24) is 4.90 Å². The van der Waals surface area contributed by atoms with Gasteiger partial charge >= 0.3 is 0 Å². The standard InChI is InChI=1S/C16H17NO4S/c1-11-9-22-10-13(11)16(19)17-4-6-20-8-12(17)7-14(18)15-3-2-5-21-15/h2-3,5,9-10,12H,4,6-8H2,1H3/t12-/m0/s1. The second-order valence-corrected chi connectivity index (χ2v) is 6.04. The van der Waals surface area contributed by atoms with Gasteiger partial charge in [-0.3, -0.25) is 9.59 Å². The van der Waals surface area contributed by atoms with Crippen LogP contribution in [0.5, 0.6) is 0 Å². The molecule has 0 saturated carbocycles. The van der Waals surface area contributed by atoms with Gasteiger partial charge in [-0.15, -0.1) is 0 Å². The Labute approximate surface area is 132 Å². The van der Waals surface area contributed by atoms with Gasteiger partial charge in [0.25, 0.3) is 5.91 Å². The summed E-state index contributed by atoms with van der Waals surface area (Å²) in [4.78, 5) is 26.7. The lowest BCUT2D eigenvalue weighted by Crippen LogP contribution is -2.49. The highest BCUT2D eigenvalue weighted by molar-refractivity contribution is 7.08. The SMILES string of the molecule is Cc1cscc1C(=O)N1CCOC[C@@H]1CC(=O)c1ccco1. The van der Waals surface area contributed by atoms with Crippen molar-refractivity contribution in [3.8, 4) is 0 Å². The Morgan fingerprint density at radius 3 is 2.95 bits per heavy atom. The van der Waals surface area contributed by atoms with Gasteiger partial charge in [0.1, 0.15) is 0 Å². The van der Waals surface area contributed by atoms with Crippen molar-refractivity contribution in [3.63, 3.8) is 0 Å². The molecule has 1 atom stereocenters. The molecule has 3 heterocycles. The second-order valence-electron chi connectivity index (χ2n) is 5.30. The first kappa shape index (κ1) is 15.0. The quantitative estimate of drug-likeness (QED) is 0.813. The van der Waals surface area contributed by atoms with E-state index in [0.29, 0.717) is 31.1 Å². The van der Waals surface area contributed by atoms with E-state index in [1.54, 1.807) is 17.0 Å². The number of carbonyl (C=O) groups is 2. The number of ether oxygens (including phenoxy) is 1. The molecule has 0 bridgehead atoms. The van der Waals surface area contributed by atoms with Crippen molar-refractivity contribution in [2.75, 3.05) is 19.8 Å². The highest BCUT2D eigenvalue weighted by Crippen LogP contribution is 2.21. The van der Waals surface area contributed by atoms with E-state index in [1.807, 2.05) is 17.7 Å². The number of hydrogen-bond acceptors (Lipinski definition) is 5. The highest BCUT2D eigenvalue weighted by atomic mass is 32.1. The molecule has 0 radical (unpaired) electrons. The summed E-state index contributed by atoms with van der Waals surface area (Å²) in [7, 11) is 0. The number of ketones is 1. The Kier molecular flexibility index (Phi) is 4.40. The number of nitrogens with zero attached hydrogens (tertiary/aromatic N) is 1. The molecule has 2 aromatic heterocycles. The van der Waals surface area contributed by atoms with Crippen molar-refractivity contribution >= 4 is 23.0 Å². The monoisotopic (exact) mass is 319 g/mol. The minimum absolute atomic E-state index is 0.0284. The van der Waals surface area contributed by atoms with E-state index in [2.05, 4.69) is 0 Å². The molecule has 3 rings (SSSR count). The van der Waals surface area contributed by atoms with Crippen LogP contribution >= 0.6 is 11.3 Å². The number of Topliss-reactive ketones (excluding diaryl/α,β-unsaturated/α-hetero) is 1. The van der Waals surface area contributed by atoms with E-state index in [9.17, 15) is 9.59 Å². The normalized spacial score (nSPS) is 18.4. The molecule has 1 aliphatic rings. The average molecular weight is 319 g/mol. The lowest BCUT2D eigenvalue weighted by molar-refractivity contribution is -0.00304. The zero-order valence-corrected chi connectivity index (χ0v) is 13.1. The van der Waals surface area contributed by atoms with Crippen LogP contribution in [0.1, 0.15) is 32.9 Å². The van der Waals surface area contributed by atoms with Gasteiger partial charge in [0.2, 0.25) is 0 Å². The summed E-state index contributed by atoms with van der Waals surface area (Å²) in [5, 5.41) is 3.81. The van der Waals surface area contributed by atoms with Crippen LogP contribution in [0, 0.1) is 6.92 Å². The number of amides is 1. The van der Waals surface area contributed by atoms with Crippen LogP contribution in [0.25, 0.3) is 0 Å². The van der Waals surface area contributed by atoms with Crippen molar-refractivity contribution in [2.45, 2.75) is 19.4 Å². The fourth-order valence-electron chi connectivity index (χ4n) is 2.58. The third-order valence-corrected chi connectivity index (χ3v) is 4.65. The third-order valence-electron chi connectivity index (χ3n) is 3.79. The summed E-state index contributed by atoms with van der Waals surface area (Å²) in [6.45, 7) is 3.30. The summed E-state index contributed by atoms with van der Waals surface area (Å²) in [5.74, 6) is 0.185. The molecule has 1 aliphatic heterocycles. The predicted molar refractivity (Wildman–Crippen MR) is 82.4 cm³/mol. The Morgan fingerprint density at radius 2 is 2.27 bits per heavy atom. The first-order valence-electron chi connectivity index (χ1n) is 7.15. The van der Waals surface area contributed by atoms with Gasteiger partial charge in [-0.25, -0.2) is 0 Å². The second kappa shape index (κ2) is 6.46. The average Bonchev–Trinajstić information content (AvgIpc) is 3.18. The minimum atomic E-state index is -0.252. The summed E-state index contributed by atoms with van der Waals surface area (Å²) in [6, 6.07) is 3.07. The van der Waals surface area contributed by atoms with Gasteiger partial charge < -0.3 is 14.1 Å². The van der Waals surface area contributed by atoms with Gasteiger partial charge in [-0.2, -0.15) is 11.3 Å². The first-order valence-corrected chi connectivity index (χ1v) is 8.09. The molecule has 22 heavy (non-hydrogen) atoms. The maximum absolute atomic E-state index is 12.7. The lowest BCUT2D eigenvalue weighted by Gasteiger charge is -2.35. The van der Waals surface area contributed by atoms with E-state index < -0.39 is 0 Å². The number of thiophene rings is 1. The summed E-state index contributed by atoms with van der Waals surface area (Å²) in [6.07, 6.45) is 1.69. The molecule has 0 unspecified atom stereocenters. The molecule has 1 fully saturated rings. The molecule has 0 aromatic carbocycles. The van der Waals surface area contributed by atoms with Crippen molar-refractivity contribution in [1.29, 1.82) is 0 Å². The van der Waals surface area contributed by atoms with Crippen molar-refractivity contribution in [3.05, 3.63) is 46.0 Å². The van der Waals surface area contributed by atoms with Crippen molar-refractivity contribution < 1.29 is 18.7 Å². The summed E-state index contributed by atoms with van der Waals surface area (Å²) < 4.78 is 10.6. The van der Waals surface area contributed by atoms with Crippen LogP contribution in [0.2, 0.25) is 0 Å². The van der Waals surface area contributed by atoms with Gasteiger partial charge in [-0.1, -0.05) is 0 Å². The molecular weight excluding hydrogens is 302 g/mol. The molecule has 5 nitrogen and oxygen atoms in total.